The zero-order chi connectivity index (χ0) is 21.8. The predicted octanol–water partition coefficient (Wildman–Crippen LogP) is 4.58. The van der Waals surface area contributed by atoms with E-state index in [-0.39, 0.29) is 5.91 Å². The molecule has 0 unspecified atom stereocenters. The second kappa shape index (κ2) is 9.43. The first-order chi connectivity index (χ1) is 15.1. The van der Waals surface area contributed by atoms with Crippen LogP contribution in [0.25, 0.3) is 0 Å². The predicted molar refractivity (Wildman–Crippen MR) is 120 cm³/mol. The monoisotopic (exact) mass is 439 g/mol. The van der Waals surface area contributed by atoms with Gasteiger partial charge in [-0.1, -0.05) is 29.8 Å². The number of benzene rings is 2. The van der Waals surface area contributed by atoms with Crippen LogP contribution >= 0.6 is 11.6 Å². The lowest BCUT2D eigenvalue weighted by Crippen LogP contribution is -2.35. The third-order valence-corrected chi connectivity index (χ3v) is 5.70. The van der Waals surface area contributed by atoms with Crippen LogP contribution in [0.3, 0.4) is 0 Å². The highest BCUT2D eigenvalue weighted by molar-refractivity contribution is 6.31. The van der Waals surface area contributed by atoms with Crippen LogP contribution in [0, 0.1) is 0 Å². The zero-order valence-electron chi connectivity index (χ0n) is 17.8. The van der Waals surface area contributed by atoms with Gasteiger partial charge in [-0.25, -0.2) is 0 Å². The number of carbonyl (C=O) groups excluding carboxylic acids is 1. The first kappa shape index (κ1) is 21.2. The van der Waals surface area contributed by atoms with Gasteiger partial charge in [0.1, 0.15) is 0 Å². The number of fused-ring (bicyclic) bond motifs is 1. The van der Waals surface area contributed by atoms with Gasteiger partial charge in [0.25, 0.3) is 5.91 Å². The van der Waals surface area contributed by atoms with Gasteiger partial charge in [0.2, 0.25) is 0 Å². The average Bonchev–Trinajstić information content (AvgIpc) is 3.24. The van der Waals surface area contributed by atoms with Crippen molar-refractivity contribution in [1.29, 1.82) is 0 Å². The second-order valence-corrected chi connectivity index (χ2v) is 7.84. The van der Waals surface area contributed by atoms with Gasteiger partial charge in [0.05, 0.1) is 31.5 Å². The zero-order valence-corrected chi connectivity index (χ0v) is 18.6. The summed E-state index contributed by atoms with van der Waals surface area (Å²) in [5.74, 6) is 1.47. The normalized spacial score (nSPS) is 13.1. The molecule has 7 heteroatoms. The summed E-state index contributed by atoms with van der Waals surface area (Å²) in [6.07, 6.45) is 4.19. The first-order valence-corrected chi connectivity index (χ1v) is 10.9. The summed E-state index contributed by atoms with van der Waals surface area (Å²) in [5.41, 5.74) is 3.83. The molecule has 0 N–H and O–H groups in total. The van der Waals surface area contributed by atoms with Crippen molar-refractivity contribution in [3.05, 3.63) is 76.1 Å². The van der Waals surface area contributed by atoms with E-state index in [0.29, 0.717) is 43.4 Å². The van der Waals surface area contributed by atoms with Gasteiger partial charge >= 0.3 is 0 Å². The molecule has 0 aliphatic carbocycles. The Hall–Kier alpha value is -2.99. The summed E-state index contributed by atoms with van der Waals surface area (Å²) in [6, 6.07) is 11.7. The Balaban J connectivity index is 1.49. The van der Waals surface area contributed by atoms with Crippen molar-refractivity contribution in [2.45, 2.75) is 33.4 Å². The molecular formula is C24H26ClN3O3. The minimum atomic E-state index is -0.0251. The Morgan fingerprint density at radius 1 is 1.10 bits per heavy atom. The highest BCUT2D eigenvalue weighted by Gasteiger charge is 2.24. The van der Waals surface area contributed by atoms with Crippen molar-refractivity contribution in [3.63, 3.8) is 0 Å². The lowest BCUT2D eigenvalue weighted by atomic mass is 9.98. The third kappa shape index (κ3) is 4.69. The largest absolute Gasteiger partial charge is 0.490 e. The molecule has 0 saturated carbocycles. The maximum Gasteiger partial charge on any atom is 0.257 e. The first-order valence-electron chi connectivity index (χ1n) is 10.6. The highest BCUT2D eigenvalue weighted by Crippen LogP contribution is 2.34. The van der Waals surface area contributed by atoms with E-state index >= 15 is 0 Å². The average molecular weight is 440 g/mol. The number of carbonyl (C=O) groups is 1. The molecule has 162 valence electrons. The lowest BCUT2D eigenvalue weighted by molar-refractivity contribution is 0.0734. The fourth-order valence-electron chi connectivity index (χ4n) is 3.82. The number of hydrogen-bond donors (Lipinski definition) is 0. The Morgan fingerprint density at radius 3 is 2.52 bits per heavy atom. The number of aromatic nitrogens is 2. The quantitative estimate of drug-likeness (QED) is 0.540. The van der Waals surface area contributed by atoms with Crippen LogP contribution in [0.1, 0.15) is 40.9 Å². The molecular weight excluding hydrogens is 414 g/mol. The summed E-state index contributed by atoms with van der Waals surface area (Å²) in [7, 11) is 0. The third-order valence-electron chi connectivity index (χ3n) is 5.34. The van der Waals surface area contributed by atoms with E-state index in [1.807, 2.05) is 55.1 Å². The van der Waals surface area contributed by atoms with E-state index in [1.54, 1.807) is 17.1 Å². The van der Waals surface area contributed by atoms with E-state index in [4.69, 9.17) is 21.1 Å². The summed E-state index contributed by atoms with van der Waals surface area (Å²) in [4.78, 5) is 15.0. The van der Waals surface area contributed by atoms with Crippen LogP contribution in [-0.2, 0) is 19.5 Å². The van der Waals surface area contributed by atoms with Crippen molar-refractivity contribution in [1.82, 2.24) is 14.7 Å². The molecule has 0 spiro atoms. The standard InChI is InChI=1S/C24H26ClN3O3/c1-3-30-22-11-17-9-10-27(14-19(17)12-23(22)31-4-2)24(29)20-13-26-28(16-20)15-18-7-5-6-8-21(18)25/h5-8,11-13,16H,3-4,9-10,14-15H2,1-2H3. The lowest BCUT2D eigenvalue weighted by Gasteiger charge is -2.29. The van der Waals surface area contributed by atoms with Gasteiger partial charge in [-0.15, -0.1) is 0 Å². The van der Waals surface area contributed by atoms with E-state index in [2.05, 4.69) is 5.10 Å². The molecule has 4 rings (SSSR count). The van der Waals surface area contributed by atoms with Gasteiger partial charge in [-0.3, -0.25) is 9.48 Å². The number of hydrogen-bond acceptors (Lipinski definition) is 4. The number of nitrogens with zero attached hydrogens (tertiary/aromatic N) is 3. The van der Waals surface area contributed by atoms with E-state index in [9.17, 15) is 4.79 Å². The molecule has 0 fully saturated rings. The summed E-state index contributed by atoms with van der Waals surface area (Å²) < 4.78 is 13.2. The van der Waals surface area contributed by atoms with E-state index in [0.717, 1.165) is 29.0 Å². The molecule has 1 aliphatic rings. The minimum absolute atomic E-state index is 0.0251. The Labute approximate surface area is 187 Å². The highest BCUT2D eigenvalue weighted by atomic mass is 35.5. The van der Waals surface area contributed by atoms with E-state index < -0.39 is 0 Å². The molecule has 2 heterocycles. The van der Waals surface area contributed by atoms with E-state index in [1.165, 1.54) is 5.56 Å². The molecule has 0 bridgehead atoms. The Bertz CT molecular complexity index is 1080. The fraction of sp³-hybridized carbons (Fsp3) is 0.333. The summed E-state index contributed by atoms with van der Waals surface area (Å²) in [5, 5.41) is 5.05. The number of ether oxygens (including phenoxy) is 2. The topological polar surface area (TPSA) is 56.6 Å². The van der Waals surface area contributed by atoms with Gasteiger partial charge in [-0.05, 0) is 55.2 Å². The molecule has 1 amide bonds. The second-order valence-electron chi connectivity index (χ2n) is 7.43. The van der Waals surface area contributed by atoms with Crippen LogP contribution < -0.4 is 9.47 Å². The number of halogens is 1. The molecule has 0 saturated heterocycles. The minimum Gasteiger partial charge on any atom is -0.490 e. The number of amides is 1. The van der Waals surface area contributed by atoms with Gasteiger partial charge in [0, 0.05) is 24.3 Å². The smallest absolute Gasteiger partial charge is 0.257 e. The van der Waals surface area contributed by atoms with Crippen molar-refractivity contribution in [3.8, 4) is 11.5 Å². The summed E-state index contributed by atoms with van der Waals surface area (Å²) >= 11 is 6.24. The fourth-order valence-corrected chi connectivity index (χ4v) is 4.01. The van der Waals surface area contributed by atoms with Crippen LogP contribution in [0.5, 0.6) is 11.5 Å². The molecule has 31 heavy (non-hydrogen) atoms. The maximum atomic E-state index is 13.1. The van der Waals surface area contributed by atoms with Crippen molar-refractivity contribution >= 4 is 17.5 Å². The van der Waals surface area contributed by atoms with Crippen LogP contribution in [0.4, 0.5) is 0 Å². The molecule has 0 radical (unpaired) electrons. The maximum absolute atomic E-state index is 13.1. The molecule has 1 aromatic heterocycles. The Kier molecular flexibility index (Phi) is 6.47. The van der Waals surface area contributed by atoms with Gasteiger partial charge in [-0.2, -0.15) is 5.10 Å². The van der Waals surface area contributed by atoms with Gasteiger partial charge < -0.3 is 14.4 Å². The van der Waals surface area contributed by atoms with Crippen molar-refractivity contribution < 1.29 is 14.3 Å². The Morgan fingerprint density at radius 2 is 1.81 bits per heavy atom. The SMILES string of the molecule is CCOc1cc2c(cc1OCC)CN(C(=O)c1cnn(Cc3ccccc3Cl)c1)CC2. The van der Waals surface area contributed by atoms with Crippen molar-refractivity contribution in [2.24, 2.45) is 0 Å². The number of rotatable bonds is 7. The van der Waals surface area contributed by atoms with Gasteiger partial charge in [0.15, 0.2) is 11.5 Å². The molecule has 0 atom stereocenters. The molecule has 1 aliphatic heterocycles. The van der Waals surface area contributed by atoms with Crippen LogP contribution in [0.2, 0.25) is 5.02 Å². The van der Waals surface area contributed by atoms with Crippen molar-refractivity contribution in [2.75, 3.05) is 19.8 Å². The van der Waals surface area contributed by atoms with Crippen LogP contribution in [0.15, 0.2) is 48.8 Å². The molecule has 6 nitrogen and oxygen atoms in total. The molecule has 2 aromatic carbocycles. The van der Waals surface area contributed by atoms with Crippen LogP contribution in [-0.4, -0.2) is 40.3 Å². The summed E-state index contributed by atoms with van der Waals surface area (Å²) in [6.45, 7) is 6.77. The molecule has 3 aromatic rings.